The van der Waals surface area contributed by atoms with Gasteiger partial charge in [0.25, 0.3) is 5.91 Å². The minimum Gasteiger partial charge on any atom is -0.382 e. The number of carbonyl (C=O) groups excluding carboxylic acids is 1. The molecule has 1 aliphatic rings. The van der Waals surface area contributed by atoms with Crippen molar-refractivity contribution >= 4 is 11.7 Å². The molecule has 0 radical (unpaired) electrons. The summed E-state index contributed by atoms with van der Waals surface area (Å²) in [5.74, 6) is 0.645. The van der Waals surface area contributed by atoms with Crippen molar-refractivity contribution in [3.8, 4) is 0 Å². The monoisotopic (exact) mass is 333 g/mol. The average molecular weight is 333 g/mol. The molecule has 0 unspecified atom stereocenters. The Balaban J connectivity index is 1.80. The molecule has 0 aromatic carbocycles. The number of anilines is 1. The van der Waals surface area contributed by atoms with Gasteiger partial charge in [0.1, 0.15) is 23.4 Å². The van der Waals surface area contributed by atoms with Crippen molar-refractivity contribution in [1.29, 1.82) is 0 Å². The molecule has 24 heavy (non-hydrogen) atoms. The van der Waals surface area contributed by atoms with Gasteiger partial charge in [0, 0.05) is 26.0 Å². The first-order chi connectivity index (χ1) is 11.6. The zero-order chi connectivity index (χ0) is 17.1. The molecule has 0 saturated carbocycles. The number of nitrogens with two attached hydrogens (primary N) is 1. The van der Waals surface area contributed by atoms with Crippen LogP contribution in [0.15, 0.2) is 16.9 Å². The van der Waals surface area contributed by atoms with Gasteiger partial charge in [-0.2, -0.15) is 0 Å². The fourth-order valence-corrected chi connectivity index (χ4v) is 2.63. The fraction of sp³-hybridized carbons (Fsp3) is 0.467. The number of hydrogen-bond acceptors (Lipinski definition) is 8. The van der Waals surface area contributed by atoms with E-state index < -0.39 is 6.10 Å². The summed E-state index contributed by atoms with van der Waals surface area (Å²) in [5, 5.41) is 3.89. The van der Waals surface area contributed by atoms with Crippen LogP contribution in [-0.2, 0) is 16.1 Å². The van der Waals surface area contributed by atoms with E-state index in [2.05, 4.69) is 15.1 Å². The van der Waals surface area contributed by atoms with Gasteiger partial charge in [-0.1, -0.05) is 5.16 Å². The van der Waals surface area contributed by atoms with Crippen LogP contribution in [0.2, 0.25) is 0 Å². The molecule has 2 N–H and O–H groups in total. The summed E-state index contributed by atoms with van der Waals surface area (Å²) in [6.07, 6.45) is 2.64. The van der Waals surface area contributed by atoms with Crippen LogP contribution in [0.5, 0.6) is 0 Å². The number of nitrogens with zero attached hydrogens (tertiary/aromatic N) is 4. The maximum absolute atomic E-state index is 12.8. The average Bonchev–Trinajstić information content (AvgIpc) is 2.96. The minimum atomic E-state index is -0.421. The molecule has 0 bridgehead atoms. The number of amides is 1. The molecule has 3 rings (SSSR count). The summed E-state index contributed by atoms with van der Waals surface area (Å²) in [5.41, 5.74) is 7.30. The third kappa shape index (κ3) is 3.08. The van der Waals surface area contributed by atoms with Crippen molar-refractivity contribution in [2.24, 2.45) is 0 Å². The number of morpholine rings is 1. The largest absolute Gasteiger partial charge is 0.382 e. The number of ether oxygens (including phenoxy) is 2. The van der Waals surface area contributed by atoms with Crippen molar-refractivity contribution in [3.05, 3.63) is 35.1 Å². The van der Waals surface area contributed by atoms with Crippen molar-refractivity contribution in [3.63, 3.8) is 0 Å². The lowest BCUT2D eigenvalue weighted by molar-refractivity contribution is -0.0248. The molecule has 1 amide bonds. The van der Waals surface area contributed by atoms with Crippen LogP contribution in [0.4, 0.5) is 5.82 Å². The first-order valence-corrected chi connectivity index (χ1v) is 7.53. The van der Waals surface area contributed by atoms with Crippen LogP contribution in [0.1, 0.15) is 33.6 Å². The summed E-state index contributed by atoms with van der Waals surface area (Å²) in [7, 11) is 1.56. The molecule has 2 aromatic rings. The van der Waals surface area contributed by atoms with E-state index in [0.717, 1.165) is 0 Å². The molecule has 2 aromatic heterocycles. The molecule has 1 saturated heterocycles. The first kappa shape index (κ1) is 16.3. The predicted molar refractivity (Wildman–Crippen MR) is 83.0 cm³/mol. The highest BCUT2D eigenvalue weighted by Gasteiger charge is 2.31. The number of hydrogen-bond donors (Lipinski definition) is 1. The number of aryl methyl sites for hydroxylation is 1. The zero-order valence-corrected chi connectivity index (χ0v) is 13.6. The molecular weight excluding hydrogens is 314 g/mol. The standard InChI is InChI=1S/C15H19N5O4/c1-9-10(8-22-2)12(19-24-9)15(21)20-5-6-23-11(7-20)13-14(16)18-4-3-17-13/h3-4,11H,5-8H2,1-2H3,(H2,16,18)/t11-/m1/s1. The van der Waals surface area contributed by atoms with E-state index in [4.69, 9.17) is 19.7 Å². The predicted octanol–water partition coefficient (Wildman–Crippen LogP) is 0.715. The van der Waals surface area contributed by atoms with E-state index in [1.54, 1.807) is 25.1 Å². The molecule has 1 aliphatic heterocycles. The van der Waals surface area contributed by atoms with Crippen LogP contribution >= 0.6 is 0 Å². The van der Waals surface area contributed by atoms with Crippen LogP contribution in [-0.4, -0.2) is 52.7 Å². The second-order valence-electron chi connectivity index (χ2n) is 5.44. The van der Waals surface area contributed by atoms with Gasteiger partial charge >= 0.3 is 0 Å². The van der Waals surface area contributed by atoms with Gasteiger partial charge in [0.2, 0.25) is 0 Å². The van der Waals surface area contributed by atoms with E-state index in [1.807, 2.05) is 0 Å². The summed E-state index contributed by atoms with van der Waals surface area (Å²) < 4.78 is 16.0. The Morgan fingerprint density at radius 1 is 1.46 bits per heavy atom. The van der Waals surface area contributed by atoms with Gasteiger partial charge in [-0.05, 0) is 6.92 Å². The van der Waals surface area contributed by atoms with Gasteiger partial charge in [-0.3, -0.25) is 9.78 Å². The highest BCUT2D eigenvalue weighted by Crippen LogP contribution is 2.25. The number of carbonyl (C=O) groups is 1. The van der Waals surface area contributed by atoms with Crippen LogP contribution in [0.25, 0.3) is 0 Å². The Morgan fingerprint density at radius 2 is 2.25 bits per heavy atom. The van der Waals surface area contributed by atoms with Gasteiger partial charge < -0.3 is 24.6 Å². The molecule has 9 heteroatoms. The van der Waals surface area contributed by atoms with Crippen molar-refractivity contribution in [2.45, 2.75) is 19.6 Å². The third-order valence-corrected chi connectivity index (χ3v) is 3.89. The molecular formula is C15H19N5O4. The van der Waals surface area contributed by atoms with Crippen molar-refractivity contribution in [1.82, 2.24) is 20.0 Å². The second-order valence-corrected chi connectivity index (χ2v) is 5.44. The maximum atomic E-state index is 12.8. The van der Waals surface area contributed by atoms with Gasteiger partial charge in [-0.25, -0.2) is 4.98 Å². The normalized spacial score (nSPS) is 17.9. The number of rotatable bonds is 4. The Morgan fingerprint density at radius 3 is 3.00 bits per heavy atom. The molecule has 1 fully saturated rings. The molecule has 1 atom stereocenters. The van der Waals surface area contributed by atoms with Crippen LogP contribution in [0.3, 0.4) is 0 Å². The Kier molecular flexibility index (Phi) is 4.72. The molecule has 128 valence electrons. The Labute approximate surface area is 138 Å². The molecule has 9 nitrogen and oxygen atoms in total. The highest BCUT2D eigenvalue weighted by atomic mass is 16.5. The lowest BCUT2D eigenvalue weighted by Crippen LogP contribution is -2.43. The molecule has 3 heterocycles. The van der Waals surface area contributed by atoms with E-state index in [1.165, 1.54) is 6.20 Å². The third-order valence-electron chi connectivity index (χ3n) is 3.89. The quantitative estimate of drug-likeness (QED) is 0.869. The van der Waals surface area contributed by atoms with Gasteiger partial charge in [0.05, 0.1) is 25.3 Å². The summed E-state index contributed by atoms with van der Waals surface area (Å²) in [6.45, 7) is 3.17. The van der Waals surface area contributed by atoms with E-state index in [9.17, 15) is 4.79 Å². The maximum Gasteiger partial charge on any atom is 0.276 e. The topological polar surface area (TPSA) is 117 Å². The van der Waals surface area contributed by atoms with Crippen molar-refractivity contribution in [2.75, 3.05) is 32.5 Å². The van der Waals surface area contributed by atoms with E-state index in [0.29, 0.717) is 42.5 Å². The second kappa shape index (κ2) is 6.93. The van der Waals surface area contributed by atoms with Gasteiger partial charge in [0.15, 0.2) is 5.69 Å². The van der Waals surface area contributed by atoms with Gasteiger partial charge in [-0.15, -0.1) is 0 Å². The van der Waals surface area contributed by atoms with E-state index in [-0.39, 0.29) is 18.2 Å². The lowest BCUT2D eigenvalue weighted by atomic mass is 10.1. The minimum absolute atomic E-state index is 0.227. The lowest BCUT2D eigenvalue weighted by Gasteiger charge is -2.32. The number of nitrogen functional groups attached to an aromatic ring is 1. The van der Waals surface area contributed by atoms with Crippen LogP contribution in [0, 0.1) is 6.92 Å². The number of aromatic nitrogens is 3. The first-order valence-electron chi connectivity index (χ1n) is 7.53. The van der Waals surface area contributed by atoms with Crippen LogP contribution < -0.4 is 5.73 Å². The molecule has 0 spiro atoms. The Hall–Kier alpha value is -2.52. The Bertz CT molecular complexity index is 732. The number of methoxy groups -OCH3 is 1. The zero-order valence-electron chi connectivity index (χ0n) is 13.6. The molecule has 0 aliphatic carbocycles. The fourth-order valence-electron chi connectivity index (χ4n) is 2.63. The SMILES string of the molecule is COCc1c(C(=O)N2CCO[C@@H](c3nccnc3N)C2)noc1C. The summed E-state index contributed by atoms with van der Waals surface area (Å²) >= 11 is 0. The van der Waals surface area contributed by atoms with Crippen molar-refractivity contribution < 1.29 is 18.8 Å². The smallest absolute Gasteiger partial charge is 0.276 e. The summed E-state index contributed by atoms with van der Waals surface area (Å²) in [4.78, 5) is 22.7. The highest BCUT2D eigenvalue weighted by molar-refractivity contribution is 5.93. The summed E-state index contributed by atoms with van der Waals surface area (Å²) in [6, 6.07) is 0. The van der Waals surface area contributed by atoms with E-state index >= 15 is 0 Å².